The molecule has 4 atom stereocenters. The summed E-state index contributed by atoms with van der Waals surface area (Å²) in [5.74, 6) is 0. The Morgan fingerprint density at radius 1 is 0.500 bits per heavy atom. The van der Waals surface area contributed by atoms with Gasteiger partial charge >= 0.3 is 0 Å². The molecule has 198 valence electrons. The molecule has 0 radical (unpaired) electrons. The van der Waals surface area contributed by atoms with Gasteiger partial charge in [0.1, 0.15) is 0 Å². The Morgan fingerprint density at radius 3 is 1.18 bits per heavy atom. The lowest BCUT2D eigenvalue weighted by atomic mass is 9.97. The molecule has 3 aromatic carbocycles. The van der Waals surface area contributed by atoms with Crippen LogP contribution in [-0.2, 0) is 0 Å². The van der Waals surface area contributed by atoms with Crippen molar-refractivity contribution in [3.8, 4) is 0 Å². The zero-order valence-corrected chi connectivity index (χ0v) is 21.7. The zero-order valence-electron chi connectivity index (χ0n) is 18.6. The Morgan fingerprint density at radius 2 is 0.868 bits per heavy atom. The third-order valence-electron chi connectivity index (χ3n) is 5.50. The van der Waals surface area contributed by atoms with E-state index in [2.05, 4.69) is 0 Å². The SMILES string of the molecule is O=[N+]([O-])c1ccc(C(Cl)C(Cl)c2cccc(C(Cl)C(Cl)c3ccc([N+](=O)[O-])cc3[N+](=O)[O-])c2)c([N+](=O)[O-])c1. The summed E-state index contributed by atoms with van der Waals surface area (Å²) in [6.07, 6.45) is 0. The van der Waals surface area contributed by atoms with Crippen molar-refractivity contribution in [1.29, 1.82) is 0 Å². The fraction of sp³-hybridized carbons (Fsp3) is 0.182. The van der Waals surface area contributed by atoms with Gasteiger partial charge in [-0.3, -0.25) is 40.5 Å². The van der Waals surface area contributed by atoms with Gasteiger partial charge in [0.2, 0.25) is 0 Å². The number of alkyl halides is 4. The van der Waals surface area contributed by atoms with E-state index in [-0.39, 0.29) is 11.1 Å². The molecule has 38 heavy (non-hydrogen) atoms. The van der Waals surface area contributed by atoms with Gasteiger partial charge in [-0.1, -0.05) is 24.3 Å². The number of nitro benzene ring substituents is 4. The molecule has 3 rings (SSSR count). The molecule has 0 heterocycles. The molecule has 0 aliphatic carbocycles. The molecule has 0 fully saturated rings. The first-order valence-corrected chi connectivity index (χ1v) is 12.1. The lowest BCUT2D eigenvalue weighted by Crippen LogP contribution is -2.07. The molecule has 0 saturated heterocycles. The molecule has 0 aliphatic heterocycles. The predicted octanol–water partition coefficient (Wildman–Crippen LogP) is 7.84. The van der Waals surface area contributed by atoms with Crippen molar-refractivity contribution in [1.82, 2.24) is 0 Å². The highest BCUT2D eigenvalue weighted by atomic mass is 35.5. The summed E-state index contributed by atoms with van der Waals surface area (Å²) in [7, 11) is 0. The third-order valence-corrected chi connectivity index (χ3v) is 7.74. The van der Waals surface area contributed by atoms with E-state index in [9.17, 15) is 40.5 Å². The maximum atomic E-state index is 11.5. The van der Waals surface area contributed by atoms with Gasteiger partial charge in [-0.05, 0) is 23.3 Å². The van der Waals surface area contributed by atoms with Crippen LogP contribution in [0.15, 0.2) is 60.7 Å². The summed E-state index contributed by atoms with van der Waals surface area (Å²) in [5.41, 5.74) is -1.51. The summed E-state index contributed by atoms with van der Waals surface area (Å²) >= 11 is 26.0. The predicted molar refractivity (Wildman–Crippen MR) is 140 cm³/mol. The van der Waals surface area contributed by atoms with Crippen molar-refractivity contribution >= 4 is 69.2 Å². The summed E-state index contributed by atoms with van der Waals surface area (Å²) in [6.45, 7) is 0. The van der Waals surface area contributed by atoms with Crippen molar-refractivity contribution in [2.75, 3.05) is 0 Å². The average Bonchev–Trinajstić information content (AvgIpc) is 2.90. The van der Waals surface area contributed by atoms with E-state index in [4.69, 9.17) is 46.4 Å². The number of hydrogen-bond acceptors (Lipinski definition) is 8. The van der Waals surface area contributed by atoms with Gasteiger partial charge < -0.3 is 0 Å². The van der Waals surface area contributed by atoms with Crippen molar-refractivity contribution in [3.05, 3.63) is 123 Å². The van der Waals surface area contributed by atoms with E-state index >= 15 is 0 Å². The first-order valence-electron chi connectivity index (χ1n) is 10.3. The van der Waals surface area contributed by atoms with Gasteiger partial charge in [-0.25, -0.2) is 0 Å². The molecular weight excluding hydrogens is 590 g/mol. The molecule has 0 spiro atoms. The lowest BCUT2D eigenvalue weighted by molar-refractivity contribution is -0.394. The van der Waals surface area contributed by atoms with Crippen LogP contribution in [0.25, 0.3) is 0 Å². The number of non-ortho nitro benzene ring substituents is 2. The molecule has 0 amide bonds. The molecule has 0 bridgehead atoms. The Bertz CT molecular complexity index is 1340. The van der Waals surface area contributed by atoms with Gasteiger partial charge in [0.15, 0.2) is 0 Å². The minimum absolute atomic E-state index is 0.0492. The first kappa shape index (κ1) is 29.0. The van der Waals surface area contributed by atoms with E-state index in [1.165, 1.54) is 6.07 Å². The summed E-state index contributed by atoms with van der Waals surface area (Å²) in [6, 6.07) is 12.2. The molecule has 0 aromatic heterocycles. The normalized spacial score (nSPS) is 14.2. The number of nitrogens with zero attached hydrogens (tertiary/aromatic N) is 4. The largest absolute Gasteiger partial charge is 0.281 e. The molecule has 16 heteroatoms. The Balaban J connectivity index is 1.94. The van der Waals surface area contributed by atoms with Crippen molar-refractivity contribution in [2.45, 2.75) is 21.5 Å². The minimum Gasteiger partial charge on any atom is -0.258 e. The zero-order chi connectivity index (χ0) is 28.3. The highest BCUT2D eigenvalue weighted by Gasteiger charge is 2.32. The lowest BCUT2D eigenvalue weighted by Gasteiger charge is -2.20. The van der Waals surface area contributed by atoms with Gasteiger partial charge in [0, 0.05) is 12.1 Å². The molecular formula is C22H14Cl4N4O8. The maximum Gasteiger partial charge on any atom is 0.281 e. The van der Waals surface area contributed by atoms with E-state index in [1.807, 2.05) is 0 Å². The van der Waals surface area contributed by atoms with Crippen LogP contribution in [0, 0.1) is 40.5 Å². The van der Waals surface area contributed by atoms with E-state index < -0.39 is 64.0 Å². The minimum atomic E-state index is -1.19. The van der Waals surface area contributed by atoms with E-state index in [0.29, 0.717) is 11.1 Å². The quantitative estimate of drug-likeness (QED) is 0.128. The number of benzene rings is 3. The van der Waals surface area contributed by atoms with Gasteiger partial charge in [0.25, 0.3) is 22.7 Å². The average molecular weight is 604 g/mol. The van der Waals surface area contributed by atoms with Crippen LogP contribution >= 0.6 is 46.4 Å². The molecule has 0 saturated carbocycles. The van der Waals surface area contributed by atoms with Gasteiger partial charge in [-0.15, -0.1) is 46.4 Å². The summed E-state index contributed by atoms with van der Waals surface area (Å²) in [5, 5.41) is 40.5. The summed E-state index contributed by atoms with van der Waals surface area (Å²) < 4.78 is 0. The van der Waals surface area contributed by atoms with Gasteiger partial charge in [0.05, 0.1) is 64.5 Å². The molecule has 0 N–H and O–H groups in total. The fourth-order valence-electron chi connectivity index (χ4n) is 3.63. The van der Waals surface area contributed by atoms with Crippen LogP contribution in [0.2, 0.25) is 0 Å². The molecule has 0 aliphatic rings. The molecule has 12 nitrogen and oxygen atoms in total. The summed E-state index contributed by atoms with van der Waals surface area (Å²) in [4.78, 5) is 41.9. The smallest absolute Gasteiger partial charge is 0.258 e. The van der Waals surface area contributed by atoms with Crippen LogP contribution in [0.3, 0.4) is 0 Å². The molecule has 3 aromatic rings. The highest BCUT2D eigenvalue weighted by molar-refractivity contribution is 6.31. The monoisotopic (exact) mass is 602 g/mol. The standard InChI is InChI=1S/C22H14Cl4N4O8/c23-19(21(25)15-6-4-13(27(31)32)9-17(15)29(35)36)11-2-1-3-12(8-11)20(24)22(26)16-7-5-14(28(33)34)10-18(16)30(37)38/h1-10,19-22H. The van der Waals surface area contributed by atoms with Gasteiger partial charge in [-0.2, -0.15) is 0 Å². The van der Waals surface area contributed by atoms with Crippen molar-refractivity contribution in [2.24, 2.45) is 0 Å². The number of hydrogen-bond donors (Lipinski definition) is 0. The van der Waals surface area contributed by atoms with Crippen LogP contribution < -0.4 is 0 Å². The second-order valence-electron chi connectivity index (χ2n) is 7.79. The molecule has 4 unspecified atom stereocenters. The number of nitro groups is 4. The highest BCUT2D eigenvalue weighted by Crippen LogP contribution is 2.47. The van der Waals surface area contributed by atoms with Crippen molar-refractivity contribution in [3.63, 3.8) is 0 Å². The fourth-order valence-corrected chi connectivity index (χ4v) is 4.83. The second kappa shape index (κ2) is 11.9. The maximum absolute atomic E-state index is 11.5. The van der Waals surface area contributed by atoms with Crippen LogP contribution in [0.1, 0.15) is 43.8 Å². The Kier molecular flexibility index (Phi) is 9.05. The van der Waals surface area contributed by atoms with Crippen molar-refractivity contribution < 1.29 is 19.7 Å². The van der Waals surface area contributed by atoms with Crippen LogP contribution in [0.4, 0.5) is 22.7 Å². The van der Waals surface area contributed by atoms with Crippen LogP contribution in [-0.4, -0.2) is 19.7 Å². The first-order chi connectivity index (χ1) is 17.8. The van der Waals surface area contributed by atoms with E-state index in [0.717, 1.165) is 36.4 Å². The Labute approximate surface area is 233 Å². The van der Waals surface area contributed by atoms with E-state index in [1.54, 1.807) is 18.2 Å². The second-order valence-corrected chi connectivity index (χ2v) is 9.67. The Hall–Kier alpha value is -3.58. The van der Waals surface area contributed by atoms with Crippen LogP contribution in [0.5, 0.6) is 0 Å². The number of rotatable bonds is 10. The topological polar surface area (TPSA) is 173 Å². The third kappa shape index (κ3) is 6.10. The number of halogens is 4.